The number of anilines is 2. The maximum Gasteiger partial charge on any atom is 0.243 e. The average molecular weight is 598 g/mol. The number of Topliss-reactive ketones (excluding diaryl/α,β-unsaturated/α-hetero) is 3. The van der Waals surface area contributed by atoms with Gasteiger partial charge in [0.15, 0.2) is 17.2 Å². The van der Waals surface area contributed by atoms with Crippen LogP contribution in [0.5, 0.6) is 5.75 Å². The van der Waals surface area contributed by atoms with Crippen LogP contribution in [0.3, 0.4) is 0 Å². The number of hydrogen-bond donors (Lipinski definition) is 6. The van der Waals surface area contributed by atoms with Crippen LogP contribution in [-0.4, -0.2) is 75.0 Å². The van der Waals surface area contributed by atoms with E-state index in [0.717, 1.165) is 0 Å². The lowest BCUT2D eigenvalue weighted by Gasteiger charge is -2.46. The monoisotopic (exact) mass is 597 g/mol. The van der Waals surface area contributed by atoms with Crippen LogP contribution in [-0.2, 0) is 20.8 Å². The Bertz CT molecular complexity index is 1470. The molecular formula is C32H43N3O8. The van der Waals surface area contributed by atoms with Gasteiger partial charge in [-0.2, -0.15) is 0 Å². The van der Waals surface area contributed by atoms with E-state index in [1.165, 1.54) is 6.92 Å². The van der Waals surface area contributed by atoms with Gasteiger partial charge in [-0.25, -0.2) is 0 Å². The molecule has 1 aromatic carbocycles. The van der Waals surface area contributed by atoms with Crippen molar-refractivity contribution in [3.8, 4) is 5.75 Å². The number of aromatic hydroxyl groups is 1. The number of nitrogens with one attached hydrogen (secondary N) is 2. The van der Waals surface area contributed by atoms with Crippen LogP contribution in [0.2, 0.25) is 0 Å². The molecule has 3 aliphatic rings. The number of allylic oxidation sites excluding steroid dienone is 2. The molecule has 0 fully saturated rings. The van der Waals surface area contributed by atoms with Crippen molar-refractivity contribution in [1.82, 2.24) is 5.32 Å². The van der Waals surface area contributed by atoms with E-state index in [-0.39, 0.29) is 54.3 Å². The number of rotatable bonds is 7. The Kier molecular flexibility index (Phi) is 8.21. The molecule has 4 atom stereocenters. The second kappa shape index (κ2) is 11.0. The number of fused-ring (bicyclic) bond motifs is 3. The summed E-state index contributed by atoms with van der Waals surface area (Å²) in [5.41, 5.74) is -2.65. The number of benzene rings is 1. The molecule has 234 valence electrons. The summed E-state index contributed by atoms with van der Waals surface area (Å²) in [5.74, 6) is -6.31. The highest BCUT2D eigenvalue weighted by atomic mass is 16.3. The third-order valence-electron chi connectivity index (χ3n) is 8.63. The quantitative estimate of drug-likeness (QED) is 0.201. The second-order valence-corrected chi connectivity index (χ2v) is 13.5. The summed E-state index contributed by atoms with van der Waals surface area (Å²) >= 11 is 0. The molecule has 0 heterocycles. The molecule has 3 aliphatic carbocycles. The number of phenols is 1. The first-order valence-corrected chi connectivity index (χ1v) is 14.7. The molecule has 43 heavy (non-hydrogen) atoms. The maximum absolute atomic E-state index is 14.2. The molecule has 6 N–H and O–H groups in total. The molecule has 0 aliphatic heterocycles. The van der Waals surface area contributed by atoms with E-state index in [9.17, 15) is 39.6 Å². The maximum atomic E-state index is 14.2. The molecule has 11 heteroatoms. The third-order valence-corrected chi connectivity index (χ3v) is 8.63. The fraction of sp³-hybridized carbons (Fsp3) is 0.562. The van der Waals surface area contributed by atoms with E-state index in [2.05, 4.69) is 10.6 Å². The lowest BCUT2D eigenvalue weighted by Crippen LogP contribution is -2.56. The third kappa shape index (κ3) is 5.28. The van der Waals surface area contributed by atoms with Gasteiger partial charge in [0.2, 0.25) is 11.7 Å². The number of carbonyl (C=O) groups excluding carboxylic acids is 4. The van der Waals surface area contributed by atoms with Crippen molar-refractivity contribution in [3.63, 3.8) is 0 Å². The van der Waals surface area contributed by atoms with Crippen LogP contribution in [0.1, 0.15) is 76.7 Å². The van der Waals surface area contributed by atoms with Crippen molar-refractivity contribution in [2.24, 2.45) is 17.8 Å². The molecule has 1 aromatic rings. The number of aliphatic hydroxyl groups is 3. The van der Waals surface area contributed by atoms with Gasteiger partial charge in [-0.15, -0.1) is 0 Å². The molecule has 1 amide bonds. The lowest BCUT2D eigenvalue weighted by molar-refractivity contribution is -0.144. The minimum absolute atomic E-state index is 0.0838. The first kappa shape index (κ1) is 32.1. The Balaban J connectivity index is 1.85. The van der Waals surface area contributed by atoms with E-state index in [4.69, 9.17) is 0 Å². The molecule has 0 saturated heterocycles. The number of hydrogen-bond acceptors (Lipinski definition) is 10. The van der Waals surface area contributed by atoms with E-state index in [1.54, 1.807) is 25.1 Å². The zero-order chi connectivity index (χ0) is 32.3. The molecular weight excluding hydrogens is 554 g/mol. The predicted molar refractivity (Wildman–Crippen MR) is 161 cm³/mol. The highest BCUT2D eigenvalue weighted by Crippen LogP contribution is 2.53. The number of phenolic OH excluding ortho intramolecular Hbond substituents is 1. The highest BCUT2D eigenvalue weighted by molar-refractivity contribution is 6.25. The smallest absolute Gasteiger partial charge is 0.243 e. The number of nitrogens with zero attached hydrogens (tertiary/aromatic N) is 1. The van der Waals surface area contributed by atoms with Crippen molar-refractivity contribution in [2.45, 2.75) is 84.4 Å². The summed E-state index contributed by atoms with van der Waals surface area (Å²) in [6.45, 7) is 10.8. The Labute approximate surface area is 251 Å². The van der Waals surface area contributed by atoms with Gasteiger partial charge in [-0.1, -0.05) is 20.8 Å². The topological polar surface area (TPSA) is 176 Å². The van der Waals surface area contributed by atoms with Crippen LogP contribution in [0.25, 0.3) is 0 Å². The van der Waals surface area contributed by atoms with Crippen LogP contribution in [0.15, 0.2) is 28.7 Å². The summed E-state index contributed by atoms with van der Waals surface area (Å²) in [5, 5.41) is 51.2. The van der Waals surface area contributed by atoms with Gasteiger partial charge in [-0.05, 0) is 57.1 Å². The van der Waals surface area contributed by atoms with Crippen LogP contribution < -0.4 is 15.5 Å². The summed E-state index contributed by atoms with van der Waals surface area (Å²) < 4.78 is 0. The summed E-state index contributed by atoms with van der Waals surface area (Å²) in [7, 11) is 3.56. The van der Waals surface area contributed by atoms with E-state index >= 15 is 0 Å². The van der Waals surface area contributed by atoms with Crippen molar-refractivity contribution < 1.29 is 39.6 Å². The van der Waals surface area contributed by atoms with Crippen LogP contribution in [0.4, 0.5) is 11.4 Å². The van der Waals surface area contributed by atoms with Crippen LogP contribution >= 0.6 is 0 Å². The van der Waals surface area contributed by atoms with Crippen molar-refractivity contribution in [2.75, 3.05) is 24.3 Å². The summed E-state index contributed by atoms with van der Waals surface area (Å²) in [6, 6.07) is 0.915. The van der Waals surface area contributed by atoms with Crippen molar-refractivity contribution in [3.05, 3.63) is 39.9 Å². The molecule has 0 radical (unpaired) electrons. The summed E-state index contributed by atoms with van der Waals surface area (Å²) in [4.78, 5) is 55.0. The van der Waals surface area contributed by atoms with Gasteiger partial charge in [0.25, 0.3) is 0 Å². The van der Waals surface area contributed by atoms with Crippen molar-refractivity contribution in [1.29, 1.82) is 0 Å². The second-order valence-electron chi connectivity index (χ2n) is 13.5. The van der Waals surface area contributed by atoms with E-state index in [1.807, 2.05) is 34.6 Å². The molecule has 0 aromatic heterocycles. The van der Waals surface area contributed by atoms with Gasteiger partial charge in [0, 0.05) is 49.7 Å². The Morgan fingerprint density at radius 3 is 2.28 bits per heavy atom. The fourth-order valence-corrected chi connectivity index (χ4v) is 6.54. The molecule has 0 saturated carbocycles. The molecule has 4 rings (SSSR count). The van der Waals surface area contributed by atoms with Gasteiger partial charge in [0.05, 0.1) is 11.3 Å². The van der Waals surface area contributed by atoms with Crippen LogP contribution in [0, 0.1) is 17.8 Å². The van der Waals surface area contributed by atoms with Gasteiger partial charge < -0.3 is 36.0 Å². The van der Waals surface area contributed by atoms with Gasteiger partial charge in [-0.3, -0.25) is 19.2 Å². The minimum atomic E-state index is -2.56. The fourth-order valence-electron chi connectivity index (χ4n) is 6.54. The molecule has 0 spiro atoms. The zero-order valence-electron chi connectivity index (χ0n) is 26.1. The number of carbonyl (C=O) groups is 4. The van der Waals surface area contributed by atoms with E-state index in [0.29, 0.717) is 11.3 Å². The Morgan fingerprint density at radius 1 is 1.12 bits per heavy atom. The van der Waals surface area contributed by atoms with Gasteiger partial charge in [0.1, 0.15) is 28.9 Å². The Hall–Kier alpha value is -3.86. The highest BCUT2D eigenvalue weighted by Gasteiger charge is 2.59. The first-order chi connectivity index (χ1) is 19.8. The number of aliphatic hydroxyl groups excluding tert-OH is 2. The average Bonchev–Trinajstić information content (AvgIpc) is 2.88. The predicted octanol–water partition coefficient (Wildman–Crippen LogP) is 3.49. The summed E-state index contributed by atoms with van der Waals surface area (Å²) in [6.07, 6.45) is -0.0211. The number of amides is 1. The zero-order valence-corrected chi connectivity index (χ0v) is 26.1. The molecule has 11 nitrogen and oxygen atoms in total. The SMILES string of the molecule is CCC(=O)C1=C(O)C[C@@H]2C[C@@H]3Cc4c(N(C)C)cc(NC(C(=O)NC(C)(C)C)C(C)C)c(O)c4C(=O)C3=C(O)[C@]2(O)C1=O. The number of ketones is 3. The minimum Gasteiger partial charge on any atom is -0.511 e. The lowest BCUT2D eigenvalue weighted by atomic mass is 9.60. The largest absolute Gasteiger partial charge is 0.511 e. The Morgan fingerprint density at radius 2 is 1.74 bits per heavy atom. The molecule has 0 bridgehead atoms. The van der Waals surface area contributed by atoms with Crippen molar-refractivity contribution >= 4 is 34.6 Å². The first-order valence-electron chi connectivity index (χ1n) is 14.7. The normalized spacial score (nSPS) is 24.3. The molecule has 1 unspecified atom stereocenters. The van der Waals surface area contributed by atoms with Gasteiger partial charge >= 0.3 is 0 Å². The van der Waals surface area contributed by atoms with E-state index < -0.39 is 69.2 Å². The standard InChI is InChI=1S/C32H43N3O8/c1-9-20(36)24-21(37)12-16-10-15-11-17-19(35(7)8)13-18(33-25(14(2)3)30(42)34-31(4,5)6)26(38)23(17)27(39)22(15)28(40)32(16,43)29(24)41/h13-16,25,33,37-38,40,43H,9-12H2,1-8H3,(H,34,42)/t15-,16+,25?,32+/m1/s1.